The van der Waals surface area contributed by atoms with E-state index >= 15 is 0 Å². The highest BCUT2D eigenvalue weighted by Crippen LogP contribution is 2.41. The maximum atomic E-state index is 13.7. The van der Waals surface area contributed by atoms with Gasteiger partial charge in [-0.25, -0.2) is 14.6 Å². The number of carbonyl (C=O) groups is 3. The quantitative estimate of drug-likeness (QED) is 0.0584. The number of pyridine rings is 2. The molecule has 1 amide bonds. The fourth-order valence-corrected chi connectivity index (χ4v) is 9.56. The van der Waals surface area contributed by atoms with Gasteiger partial charge < -0.3 is 38.3 Å². The molecule has 1 aromatic carbocycles. The van der Waals surface area contributed by atoms with Crippen molar-refractivity contribution in [3.63, 3.8) is 0 Å². The largest absolute Gasteiger partial charge is 0.463 e. The molecule has 0 radical (unpaired) electrons. The molecule has 3 aliphatic heterocycles. The number of rotatable bonds is 19. The minimum atomic E-state index is -1.79. The number of para-hydroxylation sites is 1. The fourth-order valence-electron chi connectivity index (χ4n) is 6.54. The van der Waals surface area contributed by atoms with Gasteiger partial charge in [-0.3, -0.25) is 9.59 Å². The molecule has 2 unspecified atom stereocenters. The Labute approximate surface area is 310 Å². The number of ether oxygens (including phenoxy) is 6. The van der Waals surface area contributed by atoms with Crippen LogP contribution >= 0.6 is 21.6 Å². The summed E-state index contributed by atoms with van der Waals surface area (Å²) in [6, 6.07) is 11.5. The van der Waals surface area contributed by atoms with Crippen molar-refractivity contribution in [2.45, 2.75) is 69.5 Å². The van der Waals surface area contributed by atoms with Crippen molar-refractivity contribution >= 4 is 50.5 Å². The molecule has 280 valence electrons. The molecule has 3 aliphatic rings. The Morgan fingerprint density at radius 1 is 1.02 bits per heavy atom. The van der Waals surface area contributed by atoms with E-state index in [1.807, 2.05) is 51.9 Å². The Hall–Kier alpha value is -3.63. The molecular formula is C37H45N3O10S2. The van der Waals surface area contributed by atoms with Crippen LogP contribution in [0.3, 0.4) is 0 Å². The number of unbranched alkanes of at least 4 members (excludes halogenated alkanes) is 1. The number of amides is 1. The fraction of sp³-hybridized carbons (Fsp3) is 0.541. The minimum Gasteiger partial charge on any atom is -0.463 e. The van der Waals surface area contributed by atoms with Crippen molar-refractivity contribution < 1.29 is 42.8 Å². The molecule has 1 N–H and O–H groups in total. The van der Waals surface area contributed by atoms with Crippen molar-refractivity contribution in [1.29, 1.82) is 0 Å². The molecule has 5 heterocycles. The molecule has 1 saturated heterocycles. The van der Waals surface area contributed by atoms with Crippen molar-refractivity contribution in [2.75, 3.05) is 58.5 Å². The van der Waals surface area contributed by atoms with Gasteiger partial charge in [0.1, 0.15) is 13.2 Å². The second-order valence-corrected chi connectivity index (χ2v) is 15.5. The van der Waals surface area contributed by atoms with Crippen LogP contribution < -0.4 is 10.9 Å². The van der Waals surface area contributed by atoms with Gasteiger partial charge in [0, 0.05) is 40.5 Å². The summed E-state index contributed by atoms with van der Waals surface area (Å²) in [4.78, 5) is 56.6. The third-order valence-corrected chi connectivity index (χ3v) is 12.3. The zero-order valence-corrected chi connectivity index (χ0v) is 31.0. The van der Waals surface area contributed by atoms with Crippen molar-refractivity contribution in [3.8, 4) is 11.4 Å². The summed E-state index contributed by atoms with van der Waals surface area (Å²) in [5.41, 5.74) is 1.41. The summed E-state index contributed by atoms with van der Waals surface area (Å²) in [5, 5.41) is 4.32. The van der Waals surface area contributed by atoms with Gasteiger partial charge in [0.15, 0.2) is 0 Å². The molecule has 3 aromatic rings. The molecule has 0 aliphatic carbocycles. The van der Waals surface area contributed by atoms with E-state index in [0.29, 0.717) is 63.0 Å². The van der Waals surface area contributed by atoms with Gasteiger partial charge in [-0.05, 0) is 43.9 Å². The molecule has 52 heavy (non-hydrogen) atoms. The zero-order chi connectivity index (χ0) is 36.3. The molecule has 0 spiro atoms. The second kappa shape index (κ2) is 18.4. The Morgan fingerprint density at radius 3 is 2.56 bits per heavy atom. The van der Waals surface area contributed by atoms with E-state index in [2.05, 4.69) is 5.32 Å². The first-order chi connectivity index (χ1) is 25.4. The van der Waals surface area contributed by atoms with Crippen LogP contribution in [-0.2, 0) is 56.8 Å². The second-order valence-electron chi connectivity index (χ2n) is 12.7. The van der Waals surface area contributed by atoms with Crippen LogP contribution in [0.1, 0.15) is 62.1 Å². The van der Waals surface area contributed by atoms with Crippen LogP contribution in [-0.4, -0.2) is 91.4 Å². The first-order valence-electron chi connectivity index (χ1n) is 17.9. The lowest BCUT2D eigenvalue weighted by molar-refractivity contribution is -0.172. The third-order valence-electron chi connectivity index (χ3n) is 9.29. The standard InChI is InChI=1S/C37H45N3O10S2/c1-2-37(29-22-31-33-26(21-25-7-3-5-9-30(25)39-33)23-40(31)34(42)28(29)24-49-35(37)43)50-36(44)38-12-13-45-14-15-46-16-17-47-18-19-48-32(41)10-6-4-8-27-11-20-51-52-27/h3,5,7,9,21-22,27H,2,4,6,8,10-20,23-24H2,1H3,(H,38,44). The summed E-state index contributed by atoms with van der Waals surface area (Å²) < 4.78 is 34.5. The predicted molar refractivity (Wildman–Crippen MR) is 197 cm³/mol. The van der Waals surface area contributed by atoms with Gasteiger partial charge in [0.2, 0.25) is 5.60 Å². The molecule has 6 rings (SSSR count). The van der Waals surface area contributed by atoms with Crippen LogP contribution in [0.15, 0.2) is 41.2 Å². The number of carbonyl (C=O) groups excluding carboxylic acids is 3. The average molecular weight is 756 g/mol. The highest BCUT2D eigenvalue weighted by molar-refractivity contribution is 8.77. The molecule has 2 atom stereocenters. The first-order valence-corrected chi connectivity index (χ1v) is 20.2. The van der Waals surface area contributed by atoms with Gasteiger partial charge in [-0.1, -0.05) is 53.1 Å². The highest BCUT2D eigenvalue weighted by atomic mass is 33.1. The van der Waals surface area contributed by atoms with Crippen LogP contribution in [0.25, 0.3) is 22.3 Å². The predicted octanol–water partition coefficient (Wildman–Crippen LogP) is 5.12. The van der Waals surface area contributed by atoms with Crippen molar-refractivity contribution in [3.05, 3.63) is 63.4 Å². The molecule has 0 bridgehead atoms. The number of benzene rings is 1. The van der Waals surface area contributed by atoms with Crippen LogP contribution in [0.5, 0.6) is 0 Å². The Kier molecular flexibility index (Phi) is 13.5. The summed E-state index contributed by atoms with van der Waals surface area (Å²) in [7, 11) is 3.90. The van der Waals surface area contributed by atoms with E-state index < -0.39 is 17.7 Å². The maximum Gasteiger partial charge on any atom is 0.408 e. The summed E-state index contributed by atoms with van der Waals surface area (Å²) >= 11 is 0. The van der Waals surface area contributed by atoms with Crippen molar-refractivity contribution in [1.82, 2.24) is 14.9 Å². The lowest BCUT2D eigenvalue weighted by atomic mass is 9.85. The minimum absolute atomic E-state index is 0.0645. The molecule has 15 heteroatoms. The number of hydrogen-bond acceptors (Lipinski definition) is 13. The van der Waals surface area contributed by atoms with Gasteiger partial charge in [-0.15, -0.1) is 0 Å². The van der Waals surface area contributed by atoms with E-state index in [4.69, 9.17) is 33.4 Å². The van der Waals surface area contributed by atoms with E-state index in [-0.39, 0.29) is 49.9 Å². The van der Waals surface area contributed by atoms with Crippen LogP contribution in [0, 0.1) is 0 Å². The summed E-state index contributed by atoms with van der Waals surface area (Å²) in [6.07, 6.45) is 4.03. The smallest absolute Gasteiger partial charge is 0.408 e. The number of fused-ring (bicyclic) bond motifs is 5. The van der Waals surface area contributed by atoms with E-state index in [1.165, 1.54) is 18.6 Å². The SMILES string of the molecule is CCC1(OC(=O)NCCOCCOCCOCCOC(=O)CCCCC2CCSS2)C(=O)OCc2c1cc1n(c2=O)Cc2cc3ccccc3nc2-1. The van der Waals surface area contributed by atoms with Gasteiger partial charge in [-0.2, -0.15) is 0 Å². The number of esters is 2. The maximum absolute atomic E-state index is 13.7. The van der Waals surface area contributed by atoms with Crippen molar-refractivity contribution in [2.24, 2.45) is 0 Å². The van der Waals surface area contributed by atoms with Gasteiger partial charge >= 0.3 is 18.0 Å². The summed E-state index contributed by atoms with van der Waals surface area (Å²) in [6.45, 7) is 4.04. The van der Waals surface area contributed by atoms with E-state index in [0.717, 1.165) is 34.6 Å². The van der Waals surface area contributed by atoms with Gasteiger partial charge in [0.05, 0.1) is 68.7 Å². The first kappa shape index (κ1) is 38.1. The normalized spacial score (nSPS) is 18.8. The number of aromatic nitrogens is 2. The van der Waals surface area contributed by atoms with Gasteiger partial charge in [0.25, 0.3) is 5.56 Å². The lowest BCUT2D eigenvalue weighted by Gasteiger charge is -2.35. The van der Waals surface area contributed by atoms with E-state index in [9.17, 15) is 19.2 Å². The zero-order valence-electron chi connectivity index (χ0n) is 29.4. The molecule has 2 aromatic heterocycles. The number of hydrogen-bond donors (Lipinski definition) is 1. The number of nitrogens with zero attached hydrogens (tertiary/aromatic N) is 2. The Bertz CT molecular complexity index is 1800. The lowest BCUT2D eigenvalue weighted by Crippen LogP contribution is -2.49. The monoisotopic (exact) mass is 755 g/mol. The molecule has 13 nitrogen and oxygen atoms in total. The number of nitrogens with one attached hydrogen (secondary N) is 1. The number of cyclic esters (lactones) is 1. The summed E-state index contributed by atoms with van der Waals surface area (Å²) in [5.74, 6) is 0.316. The topological polar surface area (TPSA) is 154 Å². The number of alkyl carbamates (subject to hydrolysis) is 1. The highest BCUT2D eigenvalue weighted by Gasteiger charge is 2.50. The molecule has 1 fully saturated rings. The van der Waals surface area contributed by atoms with Crippen LogP contribution in [0.2, 0.25) is 0 Å². The Morgan fingerprint density at radius 2 is 1.79 bits per heavy atom. The Balaban J connectivity index is 0.874. The van der Waals surface area contributed by atoms with E-state index in [1.54, 1.807) is 17.6 Å². The van der Waals surface area contributed by atoms with Crippen LogP contribution in [0.4, 0.5) is 4.79 Å². The average Bonchev–Trinajstić information content (AvgIpc) is 3.80. The molecular weight excluding hydrogens is 711 g/mol. The molecule has 0 saturated carbocycles. The third kappa shape index (κ3) is 9.11.